The fourth-order valence-electron chi connectivity index (χ4n) is 1.26. The second-order valence-corrected chi connectivity index (χ2v) is 3.70. The van der Waals surface area contributed by atoms with Crippen LogP contribution < -0.4 is 10.6 Å². The zero-order valence-electron chi connectivity index (χ0n) is 8.38. The molecule has 4 nitrogen and oxygen atoms in total. The van der Waals surface area contributed by atoms with Gasteiger partial charge in [-0.1, -0.05) is 23.4 Å². The molecule has 2 N–H and O–H groups in total. The lowest BCUT2D eigenvalue weighted by Crippen LogP contribution is -2.26. The third-order valence-electron chi connectivity index (χ3n) is 2.05. The van der Waals surface area contributed by atoms with Gasteiger partial charge in [-0.15, -0.1) is 0 Å². The Balaban J connectivity index is 2.24. The minimum Gasteiger partial charge on any atom is -0.316 e. The lowest BCUT2D eigenvalue weighted by Gasteiger charge is -1.97. The van der Waals surface area contributed by atoms with Crippen LogP contribution in [0.15, 0.2) is 18.2 Å². The monoisotopic (exact) mass is 252 g/mol. The van der Waals surface area contributed by atoms with Crippen molar-refractivity contribution >= 4 is 23.5 Å². The van der Waals surface area contributed by atoms with Crippen molar-refractivity contribution in [1.29, 1.82) is 0 Å². The van der Waals surface area contributed by atoms with Crippen LogP contribution in [0.25, 0.3) is 0 Å². The Morgan fingerprint density at radius 1 is 1.35 bits per heavy atom. The molecule has 6 heteroatoms. The van der Waals surface area contributed by atoms with Crippen molar-refractivity contribution in [2.75, 3.05) is 0 Å². The molecular weight excluding hydrogens is 247 g/mol. The average molecular weight is 253 g/mol. The molecule has 1 heterocycles. The van der Waals surface area contributed by atoms with Crippen LogP contribution in [0.4, 0.5) is 9.18 Å². The van der Waals surface area contributed by atoms with Gasteiger partial charge in [0, 0.05) is 5.56 Å². The van der Waals surface area contributed by atoms with Gasteiger partial charge in [0.05, 0.1) is 5.02 Å². The Bertz CT molecular complexity index is 562. The SMILES string of the molecule is O=C1NC(=O)C(C#Cc2cc(F)ccc2Cl)N1. The molecule has 0 spiro atoms. The van der Waals surface area contributed by atoms with Crippen molar-refractivity contribution < 1.29 is 14.0 Å². The van der Waals surface area contributed by atoms with E-state index in [1.165, 1.54) is 12.1 Å². The van der Waals surface area contributed by atoms with Crippen LogP contribution in [0, 0.1) is 17.7 Å². The van der Waals surface area contributed by atoms with E-state index in [9.17, 15) is 14.0 Å². The van der Waals surface area contributed by atoms with E-state index in [-0.39, 0.29) is 10.6 Å². The number of carbonyl (C=O) groups excluding carboxylic acids is 2. The molecule has 0 bridgehead atoms. The zero-order chi connectivity index (χ0) is 12.4. The number of hydrogen-bond acceptors (Lipinski definition) is 2. The highest BCUT2D eigenvalue weighted by Crippen LogP contribution is 2.15. The predicted molar refractivity (Wildman–Crippen MR) is 58.8 cm³/mol. The molecule has 1 atom stereocenters. The summed E-state index contributed by atoms with van der Waals surface area (Å²) in [6.45, 7) is 0. The van der Waals surface area contributed by atoms with Crippen LogP contribution in [0.2, 0.25) is 5.02 Å². The van der Waals surface area contributed by atoms with Gasteiger partial charge in [0.15, 0.2) is 6.04 Å². The molecule has 1 saturated heterocycles. The molecular formula is C11H6ClFN2O2. The van der Waals surface area contributed by atoms with E-state index in [4.69, 9.17) is 11.6 Å². The van der Waals surface area contributed by atoms with Gasteiger partial charge in [-0.05, 0) is 18.2 Å². The summed E-state index contributed by atoms with van der Waals surface area (Å²) >= 11 is 5.79. The van der Waals surface area contributed by atoms with Crippen molar-refractivity contribution in [3.63, 3.8) is 0 Å². The lowest BCUT2D eigenvalue weighted by atomic mass is 10.2. The summed E-state index contributed by atoms with van der Waals surface area (Å²) in [5.41, 5.74) is 0.264. The van der Waals surface area contributed by atoms with E-state index in [0.717, 1.165) is 6.07 Å². The highest BCUT2D eigenvalue weighted by atomic mass is 35.5. The van der Waals surface area contributed by atoms with Crippen molar-refractivity contribution in [2.45, 2.75) is 6.04 Å². The highest BCUT2D eigenvalue weighted by Gasteiger charge is 2.27. The van der Waals surface area contributed by atoms with Crippen LogP contribution in [0.3, 0.4) is 0 Å². The molecule has 1 aliphatic heterocycles. The fraction of sp³-hybridized carbons (Fsp3) is 0.0909. The molecule has 1 unspecified atom stereocenters. The summed E-state index contributed by atoms with van der Waals surface area (Å²) in [6.07, 6.45) is 0. The van der Waals surface area contributed by atoms with Gasteiger partial charge in [-0.3, -0.25) is 10.1 Å². The summed E-state index contributed by atoms with van der Waals surface area (Å²) in [6, 6.07) is 2.21. The second kappa shape index (κ2) is 4.44. The maximum atomic E-state index is 12.9. The number of halogens is 2. The number of hydrogen-bond donors (Lipinski definition) is 2. The first-order valence-electron chi connectivity index (χ1n) is 4.64. The van der Waals surface area contributed by atoms with E-state index in [0.29, 0.717) is 0 Å². The first kappa shape index (κ1) is 11.4. The van der Waals surface area contributed by atoms with Gasteiger partial charge >= 0.3 is 6.03 Å². The molecule has 0 saturated carbocycles. The molecule has 17 heavy (non-hydrogen) atoms. The Labute approximate surface area is 101 Å². The summed E-state index contributed by atoms with van der Waals surface area (Å²) in [5.74, 6) is 4.04. The maximum absolute atomic E-state index is 12.9. The molecule has 1 aliphatic rings. The normalized spacial score (nSPS) is 18.1. The van der Waals surface area contributed by atoms with Crippen LogP contribution in [0.5, 0.6) is 0 Å². The van der Waals surface area contributed by atoms with Gasteiger partial charge in [0.2, 0.25) is 0 Å². The zero-order valence-corrected chi connectivity index (χ0v) is 9.14. The van der Waals surface area contributed by atoms with Crippen molar-refractivity contribution in [3.8, 4) is 11.8 Å². The fourth-order valence-corrected chi connectivity index (χ4v) is 1.43. The molecule has 1 aromatic carbocycles. The molecule has 0 aliphatic carbocycles. The quantitative estimate of drug-likeness (QED) is 0.535. The minimum atomic E-state index is -0.929. The van der Waals surface area contributed by atoms with E-state index in [1.807, 2.05) is 5.32 Å². The third kappa shape index (κ3) is 2.55. The molecule has 2 rings (SSSR count). The number of amides is 3. The van der Waals surface area contributed by atoms with Crippen molar-refractivity contribution in [3.05, 3.63) is 34.6 Å². The third-order valence-corrected chi connectivity index (χ3v) is 2.38. The van der Waals surface area contributed by atoms with Gasteiger partial charge in [0.25, 0.3) is 5.91 Å². The largest absolute Gasteiger partial charge is 0.322 e. The number of urea groups is 1. The number of rotatable bonds is 0. The number of imide groups is 1. The van der Waals surface area contributed by atoms with Crippen LogP contribution in [-0.2, 0) is 4.79 Å². The standard InChI is InChI=1S/C11H6ClFN2O2/c12-8-3-2-7(13)5-6(8)1-4-9-10(16)15-11(17)14-9/h2-3,5,9H,(H2,14,15,16,17). The molecule has 1 fully saturated rings. The topological polar surface area (TPSA) is 58.2 Å². The Morgan fingerprint density at radius 3 is 2.76 bits per heavy atom. The first-order valence-corrected chi connectivity index (χ1v) is 5.02. The summed E-state index contributed by atoms with van der Waals surface area (Å²) < 4.78 is 12.9. The lowest BCUT2D eigenvalue weighted by molar-refractivity contribution is -0.119. The van der Waals surface area contributed by atoms with E-state index < -0.39 is 23.8 Å². The summed E-state index contributed by atoms with van der Waals surface area (Å²) in [4.78, 5) is 22.0. The van der Waals surface area contributed by atoms with Gasteiger partial charge < -0.3 is 5.32 Å². The van der Waals surface area contributed by atoms with E-state index >= 15 is 0 Å². The second-order valence-electron chi connectivity index (χ2n) is 3.29. The summed E-state index contributed by atoms with van der Waals surface area (Å²) in [7, 11) is 0. The number of carbonyl (C=O) groups is 2. The average Bonchev–Trinajstić information content (AvgIpc) is 2.59. The van der Waals surface area contributed by atoms with Crippen LogP contribution >= 0.6 is 11.6 Å². The van der Waals surface area contributed by atoms with Gasteiger partial charge in [-0.25, -0.2) is 9.18 Å². The highest BCUT2D eigenvalue weighted by molar-refractivity contribution is 6.31. The Morgan fingerprint density at radius 2 is 2.12 bits per heavy atom. The minimum absolute atomic E-state index is 0.264. The van der Waals surface area contributed by atoms with E-state index in [2.05, 4.69) is 17.2 Å². The summed E-state index contributed by atoms with van der Waals surface area (Å²) in [5, 5.41) is 4.61. The molecule has 0 aromatic heterocycles. The van der Waals surface area contributed by atoms with Gasteiger partial charge in [0.1, 0.15) is 5.82 Å². The van der Waals surface area contributed by atoms with Crippen LogP contribution in [0.1, 0.15) is 5.56 Å². The molecule has 86 valence electrons. The predicted octanol–water partition coefficient (Wildman–Crippen LogP) is 1.04. The van der Waals surface area contributed by atoms with Crippen LogP contribution in [-0.4, -0.2) is 18.0 Å². The van der Waals surface area contributed by atoms with Crippen molar-refractivity contribution in [2.24, 2.45) is 0 Å². The Kier molecular flexibility index (Phi) is 2.98. The molecule has 0 radical (unpaired) electrons. The molecule has 1 aromatic rings. The maximum Gasteiger partial charge on any atom is 0.322 e. The Hall–Kier alpha value is -2.06. The first-order chi connectivity index (χ1) is 8.06. The van der Waals surface area contributed by atoms with Crippen molar-refractivity contribution in [1.82, 2.24) is 10.6 Å². The molecule has 3 amide bonds. The number of benzene rings is 1. The van der Waals surface area contributed by atoms with Gasteiger partial charge in [-0.2, -0.15) is 0 Å². The number of nitrogens with one attached hydrogen (secondary N) is 2. The smallest absolute Gasteiger partial charge is 0.316 e. The van der Waals surface area contributed by atoms with E-state index in [1.54, 1.807) is 0 Å².